The molecule has 1 aliphatic rings. The van der Waals surface area contributed by atoms with Crippen molar-refractivity contribution >= 4 is 21.4 Å². The number of anilines is 1. The van der Waals surface area contributed by atoms with Crippen LogP contribution in [0.2, 0.25) is 0 Å². The third-order valence-corrected chi connectivity index (χ3v) is 4.96. The highest BCUT2D eigenvalue weighted by Crippen LogP contribution is 2.22. The van der Waals surface area contributed by atoms with E-state index in [0.29, 0.717) is 18.7 Å². The smallest absolute Gasteiger partial charge is 0.170 e. The summed E-state index contributed by atoms with van der Waals surface area (Å²) in [5.41, 5.74) is 6.00. The fourth-order valence-corrected chi connectivity index (χ4v) is 3.43. The Labute approximate surface area is 116 Å². The molecular weight excluding hydrogens is 285 g/mol. The number of amidine groups is 1. The van der Waals surface area contributed by atoms with Crippen LogP contribution in [-0.4, -0.2) is 44.1 Å². The molecule has 0 amide bonds. The molecule has 8 heteroatoms. The van der Waals surface area contributed by atoms with Crippen LogP contribution in [0.4, 0.5) is 10.1 Å². The maximum Gasteiger partial charge on any atom is 0.170 e. The third kappa shape index (κ3) is 3.19. The average Bonchev–Trinajstić information content (AvgIpc) is 2.59. The molecule has 0 bridgehead atoms. The number of nitrogens with zero attached hydrogens (tertiary/aromatic N) is 2. The topological polar surface area (TPSA) is 96.0 Å². The van der Waals surface area contributed by atoms with Gasteiger partial charge in [0.1, 0.15) is 5.82 Å². The van der Waals surface area contributed by atoms with Crippen LogP contribution in [0.1, 0.15) is 12.0 Å². The minimum Gasteiger partial charge on any atom is -0.409 e. The van der Waals surface area contributed by atoms with Crippen LogP contribution in [0, 0.1) is 5.82 Å². The zero-order valence-corrected chi connectivity index (χ0v) is 11.6. The number of hydrogen-bond acceptors (Lipinski definition) is 5. The van der Waals surface area contributed by atoms with Crippen molar-refractivity contribution in [1.82, 2.24) is 0 Å². The lowest BCUT2D eigenvalue weighted by atomic mass is 10.1. The molecule has 0 saturated carbocycles. The fraction of sp³-hybridized carbons (Fsp3) is 0.417. The van der Waals surface area contributed by atoms with Gasteiger partial charge in [-0.25, -0.2) is 12.8 Å². The van der Waals surface area contributed by atoms with Gasteiger partial charge in [0.15, 0.2) is 15.7 Å². The summed E-state index contributed by atoms with van der Waals surface area (Å²) in [7, 11) is -3.03. The lowest BCUT2D eigenvalue weighted by Crippen LogP contribution is -2.27. The Morgan fingerprint density at radius 2 is 2.10 bits per heavy atom. The van der Waals surface area contributed by atoms with Gasteiger partial charge in [-0.05, 0) is 24.6 Å². The Kier molecular flexibility index (Phi) is 4.12. The number of sulfone groups is 1. The highest BCUT2D eigenvalue weighted by atomic mass is 32.2. The van der Waals surface area contributed by atoms with Gasteiger partial charge in [0.2, 0.25) is 0 Å². The SMILES string of the molecule is N/C(=N/O)c1ccc(N2CCCS(=O)(=O)CC2)c(F)c1. The Hall–Kier alpha value is -1.83. The van der Waals surface area contributed by atoms with Crippen molar-refractivity contribution in [3.8, 4) is 0 Å². The van der Waals surface area contributed by atoms with E-state index in [-0.39, 0.29) is 29.4 Å². The van der Waals surface area contributed by atoms with Crippen molar-refractivity contribution < 1.29 is 18.0 Å². The molecule has 0 aliphatic carbocycles. The first-order valence-electron chi connectivity index (χ1n) is 6.16. The zero-order chi connectivity index (χ0) is 14.8. The van der Waals surface area contributed by atoms with Crippen molar-refractivity contribution in [1.29, 1.82) is 0 Å². The van der Waals surface area contributed by atoms with Crippen LogP contribution < -0.4 is 10.6 Å². The van der Waals surface area contributed by atoms with Crippen molar-refractivity contribution in [2.45, 2.75) is 6.42 Å². The lowest BCUT2D eigenvalue weighted by Gasteiger charge is -2.22. The number of nitrogens with two attached hydrogens (primary N) is 1. The van der Waals surface area contributed by atoms with Gasteiger partial charge in [-0.1, -0.05) is 5.16 Å². The Morgan fingerprint density at radius 3 is 2.75 bits per heavy atom. The van der Waals surface area contributed by atoms with E-state index < -0.39 is 15.7 Å². The Bertz CT molecular complexity index is 631. The second-order valence-electron chi connectivity index (χ2n) is 4.64. The maximum atomic E-state index is 14.1. The molecule has 110 valence electrons. The Balaban J connectivity index is 2.25. The summed E-state index contributed by atoms with van der Waals surface area (Å²) in [4.78, 5) is 1.70. The van der Waals surface area contributed by atoms with Crippen molar-refractivity contribution in [3.63, 3.8) is 0 Å². The third-order valence-electron chi connectivity index (χ3n) is 3.25. The number of halogens is 1. The molecule has 0 aromatic heterocycles. The summed E-state index contributed by atoms with van der Waals surface area (Å²) < 4.78 is 37.1. The minimum atomic E-state index is -3.03. The standard InChI is InChI=1S/C12H16FN3O3S/c13-10-8-9(12(14)15-17)2-3-11(10)16-4-1-6-20(18,19)7-5-16/h2-3,8,17H,1,4-7H2,(H2,14,15). The lowest BCUT2D eigenvalue weighted by molar-refractivity contribution is 0.318. The predicted octanol–water partition coefficient (Wildman–Crippen LogP) is 0.545. The molecule has 1 saturated heterocycles. The summed E-state index contributed by atoms with van der Waals surface area (Å²) in [6.45, 7) is 0.751. The van der Waals surface area contributed by atoms with Crippen LogP contribution in [0.15, 0.2) is 23.4 Å². The summed E-state index contributed by atoms with van der Waals surface area (Å²) in [5.74, 6) is -0.538. The van der Waals surface area contributed by atoms with E-state index in [9.17, 15) is 12.8 Å². The molecular formula is C12H16FN3O3S. The van der Waals surface area contributed by atoms with Crippen molar-refractivity contribution in [2.75, 3.05) is 29.5 Å². The quantitative estimate of drug-likeness (QED) is 0.360. The molecule has 2 rings (SSSR count). The molecule has 1 aromatic rings. The van der Waals surface area contributed by atoms with Gasteiger partial charge >= 0.3 is 0 Å². The molecule has 3 N–H and O–H groups in total. The van der Waals surface area contributed by atoms with Crippen LogP contribution >= 0.6 is 0 Å². The van der Waals surface area contributed by atoms with Gasteiger partial charge in [-0.15, -0.1) is 0 Å². The van der Waals surface area contributed by atoms with Crippen molar-refractivity contribution in [3.05, 3.63) is 29.6 Å². The minimum absolute atomic E-state index is 0.0223. The molecule has 0 atom stereocenters. The summed E-state index contributed by atoms with van der Waals surface area (Å²) in [6.07, 6.45) is 0.476. The first kappa shape index (κ1) is 14.6. The predicted molar refractivity (Wildman–Crippen MR) is 74.4 cm³/mol. The van der Waals surface area contributed by atoms with E-state index >= 15 is 0 Å². The van der Waals surface area contributed by atoms with Crippen LogP contribution in [-0.2, 0) is 9.84 Å². The number of benzene rings is 1. The van der Waals surface area contributed by atoms with Gasteiger partial charge in [0, 0.05) is 18.7 Å². The molecule has 0 unspecified atom stereocenters. The highest BCUT2D eigenvalue weighted by Gasteiger charge is 2.21. The van der Waals surface area contributed by atoms with E-state index in [4.69, 9.17) is 10.9 Å². The summed E-state index contributed by atoms with van der Waals surface area (Å²) in [6, 6.07) is 4.22. The molecule has 20 heavy (non-hydrogen) atoms. The highest BCUT2D eigenvalue weighted by molar-refractivity contribution is 7.91. The number of hydrogen-bond donors (Lipinski definition) is 2. The van der Waals surface area contributed by atoms with Crippen molar-refractivity contribution in [2.24, 2.45) is 10.9 Å². The van der Waals surface area contributed by atoms with E-state index in [0.717, 1.165) is 0 Å². The molecule has 0 radical (unpaired) electrons. The second-order valence-corrected chi connectivity index (χ2v) is 6.95. The van der Waals surface area contributed by atoms with Gasteiger partial charge in [-0.2, -0.15) is 0 Å². The van der Waals surface area contributed by atoms with Gasteiger partial charge in [0.05, 0.1) is 17.2 Å². The molecule has 6 nitrogen and oxygen atoms in total. The van der Waals surface area contributed by atoms with Crippen LogP contribution in [0.3, 0.4) is 0 Å². The van der Waals surface area contributed by atoms with Crippen LogP contribution in [0.25, 0.3) is 0 Å². The summed E-state index contributed by atoms with van der Waals surface area (Å²) in [5, 5.41) is 11.4. The average molecular weight is 301 g/mol. The zero-order valence-electron chi connectivity index (χ0n) is 10.8. The van der Waals surface area contributed by atoms with E-state index in [1.807, 2.05) is 0 Å². The van der Waals surface area contributed by atoms with E-state index in [2.05, 4.69) is 5.16 Å². The Morgan fingerprint density at radius 1 is 1.35 bits per heavy atom. The number of rotatable bonds is 2. The van der Waals surface area contributed by atoms with E-state index in [1.165, 1.54) is 18.2 Å². The number of oxime groups is 1. The second kappa shape index (κ2) is 5.66. The van der Waals surface area contributed by atoms with Gasteiger partial charge in [0.25, 0.3) is 0 Å². The van der Waals surface area contributed by atoms with Gasteiger partial charge < -0.3 is 15.8 Å². The molecule has 1 aliphatic heterocycles. The monoisotopic (exact) mass is 301 g/mol. The molecule has 1 aromatic carbocycles. The molecule has 1 fully saturated rings. The van der Waals surface area contributed by atoms with Gasteiger partial charge in [-0.3, -0.25) is 0 Å². The molecule has 0 spiro atoms. The largest absolute Gasteiger partial charge is 0.409 e. The van der Waals surface area contributed by atoms with Crippen LogP contribution in [0.5, 0.6) is 0 Å². The first-order valence-corrected chi connectivity index (χ1v) is 7.98. The fourth-order valence-electron chi connectivity index (χ4n) is 2.16. The summed E-state index contributed by atoms with van der Waals surface area (Å²) >= 11 is 0. The first-order chi connectivity index (χ1) is 9.43. The molecule has 1 heterocycles. The maximum absolute atomic E-state index is 14.1. The van der Waals surface area contributed by atoms with E-state index in [1.54, 1.807) is 4.90 Å². The normalized spacial score (nSPS) is 19.6.